The summed E-state index contributed by atoms with van der Waals surface area (Å²) in [6.45, 7) is 3.98. The van der Waals surface area contributed by atoms with E-state index < -0.39 is 59.7 Å². The zero-order valence-corrected chi connectivity index (χ0v) is 22.5. The van der Waals surface area contributed by atoms with Gasteiger partial charge in [-0.2, -0.15) is 0 Å². The van der Waals surface area contributed by atoms with Gasteiger partial charge >= 0.3 is 5.97 Å². The first kappa shape index (κ1) is 33.3. The summed E-state index contributed by atoms with van der Waals surface area (Å²) < 4.78 is 0. The topological polar surface area (TPSA) is 240 Å². The molecular weight excluding hydrogens is 508 g/mol. The van der Waals surface area contributed by atoms with E-state index >= 15 is 0 Å². The minimum Gasteiger partial charge on any atom is -0.508 e. The number of carbonyl (C=O) groups is 5. The van der Waals surface area contributed by atoms with Crippen molar-refractivity contribution >= 4 is 29.6 Å². The van der Waals surface area contributed by atoms with Gasteiger partial charge in [0.1, 0.15) is 23.9 Å². The summed E-state index contributed by atoms with van der Waals surface area (Å²) in [5, 5.41) is 26.7. The summed E-state index contributed by atoms with van der Waals surface area (Å²) in [6.07, 6.45) is 1.76. The maximum atomic E-state index is 13.4. The molecule has 1 rings (SSSR count). The Bertz CT molecular complexity index is 972. The lowest BCUT2D eigenvalue weighted by Crippen LogP contribution is -2.59. The number of unbranched alkanes of at least 4 members (excludes halogenated alkanes) is 1. The zero-order chi connectivity index (χ0) is 29.5. The van der Waals surface area contributed by atoms with Crippen LogP contribution in [0.2, 0.25) is 0 Å². The predicted molar refractivity (Wildman–Crippen MR) is 144 cm³/mol. The van der Waals surface area contributed by atoms with Crippen LogP contribution in [-0.2, 0) is 30.4 Å². The van der Waals surface area contributed by atoms with Gasteiger partial charge in [0.25, 0.3) is 0 Å². The van der Waals surface area contributed by atoms with Gasteiger partial charge in [0.2, 0.25) is 23.6 Å². The number of rotatable bonds is 18. The van der Waals surface area contributed by atoms with Gasteiger partial charge < -0.3 is 43.4 Å². The Hall–Kier alpha value is -3.71. The lowest BCUT2D eigenvalue weighted by atomic mass is 9.96. The molecule has 0 heterocycles. The summed E-state index contributed by atoms with van der Waals surface area (Å²) >= 11 is 0. The molecule has 0 saturated heterocycles. The first-order valence-electron chi connectivity index (χ1n) is 13.0. The van der Waals surface area contributed by atoms with Gasteiger partial charge in [0.05, 0.1) is 6.04 Å². The number of hydrogen-bond acceptors (Lipinski definition) is 8. The number of phenols is 1. The molecule has 0 saturated carbocycles. The van der Waals surface area contributed by atoms with Crippen LogP contribution in [-0.4, -0.2) is 70.5 Å². The quantitative estimate of drug-likeness (QED) is 0.107. The molecule has 13 nitrogen and oxygen atoms in total. The molecule has 5 atom stereocenters. The fraction of sp³-hybridized carbons (Fsp3) is 0.577. The highest BCUT2D eigenvalue weighted by Gasteiger charge is 2.33. The molecule has 0 aliphatic rings. The van der Waals surface area contributed by atoms with E-state index in [2.05, 4.69) is 16.0 Å². The van der Waals surface area contributed by atoms with Crippen molar-refractivity contribution in [3.63, 3.8) is 0 Å². The molecule has 1 aromatic rings. The molecule has 5 unspecified atom stereocenters. The van der Waals surface area contributed by atoms with E-state index in [4.69, 9.17) is 17.2 Å². The van der Waals surface area contributed by atoms with E-state index in [1.165, 1.54) is 12.1 Å². The average Bonchev–Trinajstić information content (AvgIpc) is 2.89. The average molecular weight is 551 g/mol. The number of phenolic OH excluding ortho intramolecular Hbond substituents is 1. The van der Waals surface area contributed by atoms with Crippen molar-refractivity contribution in [2.75, 3.05) is 6.54 Å². The van der Waals surface area contributed by atoms with Gasteiger partial charge in [0, 0.05) is 12.8 Å². The molecule has 0 radical (unpaired) electrons. The number of primary amides is 1. The van der Waals surface area contributed by atoms with E-state index in [-0.39, 0.29) is 25.0 Å². The summed E-state index contributed by atoms with van der Waals surface area (Å²) in [7, 11) is 0. The van der Waals surface area contributed by atoms with Crippen molar-refractivity contribution in [3.8, 4) is 5.75 Å². The van der Waals surface area contributed by atoms with E-state index in [0.29, 0.717) is 37.8 Å². The zero-order valence-electron chi connectivity index (χ0n) is 22.5. The molecule has 218 valence electrons. The standard InChI is InChI=1S/C26H42N6O7/c1-3-15(2)22(25(37)30-19(26(38)39)11-12-21(29)34)32-24(36)20(14-16-7-9-17(33)10-8-16)31-23(35)18(28)6-4-5-13-27/h7-10,15,18-20,22,33H,3-6,11-14,27-28H2,1-2H3,(H2,29,34)(H,30,37)(H,31,35)(H,32,36)(H,38,39). The van der Waals surface area contributed by atoms with Crippen molar-refractivity contribution < 1.29 is 34.2 Å². The number of aliphatic carboxylic acids is 1. The molecule has 1 aromatic carbocycles. The molecule has 0 aromatic heterocycles. The number of carbonyl (C=O) groups excluding carboxylic acids is 4. The Morgan fingerprint density at radius 2 is 1.51 bits per heavy atom. The van der Waals surface area contributed by atoms with Crippen molar-refractivity contribution in [3.05, 3.63) is 29.8 Å². The van der Waals surface area contributed by atoms with Crippen molar-refractivity contribution in [1.82, 2.24) is 16.0 Å². The number of benzene rings is 1. The third-order valence-corrected chi connectivity index (χ3v) is 6.40. The molecule has 39 heavy (non-hydrogen) atoms. The SMILES string of the molecule is CCC(C)C(NC(=O)C(Cc1ccc(O)cc1)NC(=O)C(N)CCCCN)C(=O)NC(CCC(N)=O)C(=O)O. The fourth-order valence-electron chi connectivity index (χ4n) is 3.76. The van der Waals surface area contributed by atoms with Crippen LogP contribution >= 0.6 is 0 Å². The molecule has 13 heteroatoms. The van der Waals surface area contributed by atoms with Gasteiger partial charge in [-0.3, -0.25) is 19.2 Å². The maximum absolute atomic E-state index is 13.4. The molecule has 0 aliphatic heterocycles. The minimum atomic E-state index is -1.38. The molecule has 4 amide bonds. The van der Waals surface area contributed by atoms with Crippen LogP contribution in [0.3, 0.4) is 0 Å². The highest BCUT2D eigenvalue weighted by Crippen LogP contribution is 2.14. The highest BCUT2D eigenvalue weighted by molar-refractivity contribution is 5.94. The molecule has 0 aliphatic carbocycles. The van der Waals surface area contributed by atoms with E-state index in [9.17, 15) is 34.2 Å². The lowest BCUT2D eigenvalue weighted by molar-refractivity contribution is -0.143. The van der Waals surface area contributed by atoms with Crippen LogP contribution in [0.4, 0.5) is 0 Å². The van der Waals surface area contributed by atoms with Gasteiger partial charge in [-0.25, -0.2) is 4.79 Å². The van der Waals surface area contributed by atoms with Crippen molar-refractivity contribution in [1.29, 1.82) is 0 Å². The predicted octanol–water partition coefficient (Wildman–Crippen LogP) is -0.758. The minimum absolute atomic E-state index is 0.0311. The van der Waals surface area contributed by atoms with Crippen molar-refractivity contribution in [2.24, 2.45) is 23.1 Å². The largest absolute Gasteiger partial charge is 0.508 e. The Balaban J connectivity index is 3.12. The monoisotopic (exact) mass is 550 g/mol. The second-order valence-corrected chi connectivity index (χ2v) is 9.60. The lowest BCUT2D eigenvalue weighted by Gasteiger charge is -2.28. The number of nitrogens with two attached hydrogens (primary N) is 3. The second kappa shape index (κ2) is 17.0. The first-order chi connectivity index (χ1) is 18.4. The number of aromatic hydroxyl groups is 1. The molecule has 0 spiro atoms. The number of carboxylic acids is 1. The fourth-order valence-corrected chi connectivity index (χ4v) is 3.76. The van der Waals surface area contributed by atoms with E-state index in [1.807, 2.05) is 0 Å². The van der Waals surface area contributed by atoms with Gasteiger partial charge in [-0.15, -0.1) is 0 Å². The van der Waals surface area contributed by atoms with Gasteiger partial charge in [0.15, 0.2) is 0 Å². The number of nitrogens with one attached hydrogen (secondary N) is 3. The third kappa shape index (κ3) is 12.1. The molecule has 0 fully saturated rings. The first-order valence-corrected chi connectivity index (χ1v) is 13.0. The van der Waals surface area contributed by atoms with Crippen LogP contribution < -0.4 is 33.2 Å². The molecular formula is C26H42N6O7. The normalized spacial score (nSPS) is 14.8. The second-order valence-electron chi connectivity index (χ2n) is 9.60. The number of carboxylic acid groups (broad SMARTS) is 1. The summed E-state index contributed by atoms with van der Waals surface area (Å²) in [6, 6.07) is 1.57. The van der Waals surface area contributed by atoms with Crippen LogP contribution in [0.15, 0.2) is 24.3 Å². The maximum Gasteiger partial charge on any atom is 0.326 e. The Morgan fingerprint density at radius 1 is 0.897 bits per heavy atom. The summed E-state index contributed by atoms with van der Waals surface area (Å²) in [5.74, 6) is -4.39. The number of hydrogen-bond donors (Lipinski definition) is 8. The Morgan fingerprint density at radius 3 is 2.05 bits per heavy atom. The van der Waals surface area contributed by atoms with E-state index in [1.54, 1.807) is 26.0 Å². The highest BCUT2D eigenvalue weighted by atomic mass is 16.4. The van der Waals surface area contributed by atoms with E-state index in [0.717, 1.165) is 0 Å². The Labute approximate surface area is 228 Å². The summed E-state index contributed by atoms with van der Waals surface area (Å²) in [5.41, 5.74) is 17.2. The van der Waals surface area contributed by atoms with Gasteiger partial charge in [-0.1, -0.05) is 38.8 Å². The third-order valence-electron chi connectivity index (χ3n) is 6.40. The van der Waals surface area contributed by atoms with Crippen LogP contribution in [0.1, 0.15) is 57.9 Å². The van der Waals surface area contributed by atoms with Crippen LogP contribution in [0.5, 0.6) is 5.75 Å². The molecule has 0 bridgehead atoms. The molecule has 11 N–H and O–H groups in total. The van der Waals surface area contributed by atoms with Crippen molar-refractivity contribution in [2.45, 2.75) is 83.0 Å². The van der Waals surface area contributed by atoms with Crippen LogP contribution in [0.25, 0.3) is 0 Å². The van der Waals surface area contributed by atoms with Gasteiger partial charge in [-0.05, 0) is 49.4 Å². The smallest absolute Gasteiger partial charge is 0.326 e. The summed E-state index contributed by atoms with van der Waals surface area (Å²) in [4.78, 5) is 62.0. The van der Waals surface area contributed by atoms with Crippen LogP contribution in [0, 0.1) is 5.92 Å². The Kier molecular flexibility index (Phi) is 14.5. The number of amides is 4.